The first-order chi connectivity index (χ1) is 19.8. The fourth-order valence-corrected chi connectivity index (χ4v) is 7.58. The monoisotopic (exact) mass is 561 g/mol. The van der Waals surface area contributed by atoms with E-state index in [9.17, 15) is 24.5 Å². The molecule has 1 amide bonds. The van der Waals surface area contributed by atoms with E-state index >= 15 is 0 Å². The van der Waals surface area contributed by atoms with Gasteiger partial charge in [0.05, 0.1) is 21.8 Å². The summed E-state index contributed by atoms with van der Waals surface area (Å²) >= 11 is 1.28. The minimum Gasteiger partial charge on any atom is -0.352 e. The second-order valence-corrected chi connectivity index (χ2v) is 11.5. The van der Waals surface area contributed by atoms with Gasteiger partial charge in [0.1, 0.15) is 11.5 Å². The molecule has 202 valence electrons. The zero-order chi connectivity index (χ0) is 28.5. The lowest BCUT2D eigenvalue weighted by molar-refractivity contribution is -0.384. The molecule has 4 atom stereocenters. The minimum absolute atomic E-state index is 0.139. The van der Waals surface area contributed by atoms with Gasteiger partial charge in [-0.2, -0.15) is 0 Å². The van der Waals surface area contributed by atoms with Crippen LogP contribution in [0.5, 0.6) is 0 Å². The molecule has 0 radical (unpaired) electrons. The van der Waals surface area contributed by atoms with Crippen LogP contribution >= 0.6 is 11.3 Å². The van der Waals surface area contributed by atoms with Gasteiger partial charge in [-0.1, -0.05) is 48.5 Å². The summed E-state index contributed by atoms with van der Waals surface area (Å²) in [6.07, 6.45) is 2.00. The molecule has 1 saturated heterocycles. The van der Waals surface area contributed by atoms with E-state index in [1.807, 2.05) is 66.4 Å². The van der Waals surface area contributed by atoms with Crippen LogP contribution < -0.4 is 10.2 Å². The number of nitro groups is 1. The number of nitrogens with one attached hydrogen (secondary N) is 1. The molecule has 3 aliphatic heterocycles. The van der Waals surface area contributed by atoms with E-state index in [1.165, 1.54) is 35.6 Å². The third-order valence-electron chi connectivity index (χ3n) is 8.56. The number of amides is 1. The molecule has 3 aliphatic rings. The predicted octanol–water partition coefficient (Wildman–Crippen LogP) is 5.90. The van der Waals surface area contributed by atoms with Gasteiger partial charge in [-0.3, -0.25) is 24.5 Å². The highest BCUT2D eigenvalue weighted by Crippen LogP contribution is 2.59. The number of rotatable bonds is 5. The number of para-hydroxylation sites is 2. The summed E-state index contributed by atoms with van der Waals surface area (Å²) in [5.74, 6) is -2.07. The van der Waals surface area contributed by atoms with Gasteiger partial charge in [-0.15, -0.1) is 11.3 Å². The molecule has 7 rings (SSSR count). The van der Waals surface area contributed by atoms with Crippen LogP contribution in [0.1, 0.15) is 38.1 Å². The van der Waals surface area contributed by atoms with Crippen molar-refractivity contribution in [3.63, 3.8) is 0 Å². The first-order valence-electron chi connectivity index (χ1n) is 13.2. The number of thiophene rings is 1. The minimum atomic E-state index is -1.40. The molecule has 41 heavy (non-hydrogen) atoms. The van der Waals surface area contributed by atoms with Gasteiger partial charge >= 0.3 is 0 Å². The maximum Gasteiger partial charge on any atom is 0.269 e. The van der Waals surface area contributed by atoms with Gasteiger partial charge in [0, 0.05) is 34.6 Å². The average Bonchev–Trinajstić information content (AvgIpc) is 3.70. The Balaban J connectivity index is 1.53. The third-order valence-corrected chi connectivity index (χ3v) is 9.45. The number of nitrogens with zero attached hydrogens (tertiary/aromatic N) is 2. The molecule has 1 fully saturated rings. The highest BCUT2D eigenvalue weighted by Gasteiger charge is 2.70. The number of hydrogen-bond donors (Lipinski definition) is 1. The largest absolute Gasteiger partial charge is 0.352 e. The average molecular weight is 562 g/mol. The van der Waals surface area contributed by atoms with Gasteiger partial charge in [0.15, 0.2) is 11.6 Å². The van der Waals surface area contributed by atoms with Crippen molar-refractivity contribution in [3.8, 4) is 0 Å². The number of anilines is 2. The Labute approximate surface area is 239 Å². The first kappa shape index (κ1) is 25.1. The summed E-state index contributed by atoms with van der Waals surface area (Å²) in [4.78, 5) is 56.7. The number of carbonyl (C=O) groups excluding carboxylic acids is 3. The van der Waals surface area contributed by atoms with Crippen LogP contribution in [0.3, 0.4) is 0 Å². The third kappa shape index (κ3) is 3.42. The molecule has 1 spiro atoms. The van der Waals surface area contributed by atoms with Crippen LogP contribution in [0.25, 0.3) is 5.57 Å². The highest BCUT2D eigenvalue weighted by molar-refractivity contribution is 7.12. The summed E-state index contributed by atoms with van der Waals surface area (Å²) in [5.41, 5.74) is 2.62. The molecule has 1 aromatic heterocycles. The zero-order valence-electron chi connectivity index (χ0n) is 21.8. The van der Waals surface area contributed by atoms with E-state index < -0.39 is 28.3 Å². The van der Waals surface area contributed by atoms with Gasteiger partial charge in [-0.25, -0.2) is 0 Å². The van der Waals surface area contributed by atoms with Crippen molar-refractivity contribution in [1.29, 1.82) is 0 Å². The Morgan fingerprint density at radius 3 is 2.41 bits per heavy atom. The number of Topliss-reactive ketones (excluding diaryl/α,β-unsaturated/α-hetero) is 2. The number of non-ortho nitro benzene ring substituents is 1. The van der Waals surface area contributed by atoms with Crippen molar-refractivity contribution in [1.82, 2.24) is 0 Å². The van der Waals surface area contributed by atoms with Crippen molar-refractivity contribution in [2.24, 2.45) is 5.92 Å². The van der Waals surface area contributed by atoms with Crippen LogP contribution in [0.4, 0.5) is 17.1 Å². The molecular weight excluding hydrogens is 538 g/mol. The summed E-state index contributed by atoms with van der Waals surface area (Å²) in [5, 5.41) is 16.1. The molecule has 4 heterocycles. The fraction of sp³-hybridized carbons (Fsp3) is 0.156. The van der Waals surface area contributed by atoms with Gasteiger partial charge in [0.2, 0.25) is 5.91 Å². The summed E-state index contributed by atoms with van der Waals surface area (Å²) in [6, 6.07) is 22.3. The van der Waals surface area contributed by atoms with Crippen LogP contribution in [-0.4, -0.2) is 34.5 Å². The van der Waals surface area contributed by atoms with Crippen molar-refractivity contribution in [2.45, 2.75) is 24.4 Å². The standard InChI is InChI=1S/C32H23N3O5S/c1-18-17-26-32(22-8-3-4-9-23(22)33-31(32)38)27(30(37)25-11-6-16-41-25)28(34(26)24-10-5-2-7-21(18)24)29(36)19-12-14-20(15-13-19)35(39)40/h2-17,26-28H,1H3,(H,33,38)/t26-,27-,28-,32-/m0/s1. The summed E-state index contributed by atoms with van der Waals surface area (Å²) in [7, 11) is 0. The van der Waals surface area contributed by atoms with Gasteiger partial charge in [0.25, 0.3) is 5.69 Å². The molecule has 0 bridgehead atoms. The molecule has 9 heteroatoms. The normalized spacial score (nSPS) is 23.8. The quantitative estimate of drug-likeness (QED) is 0.185. The lowest BCUT2D eigenvalue weighted by atomic mass is 9.64. The van der Waals surface area contributed by atoms with Gasteiger partial charge < -0.3 is 10.2 Å². The van der Waals surface area contributed by atoms with Crippen LogP contribution in [0.2, 0.25) is 0 Å². The number of ketones is 2. The maximum absolute atomic E-state index is 14.6. The second kappa shape index (κ2) is 9.07. The lowest BCUT2D eigenvalue weighted by Gasteiger charge is -2.39. The van der Waals surface area contributed by atoms with Crippen LogP contribution in [0, 0.1) is 16.0 Å². The smallest absolute Gasteiger partial charge is 0.269 e. The van der Waals surface area contributed by atoms with Crippen molar-refractivity contribution in [3.05, 3.63) is 128 Å². The van der Waals surface area contributed by atoms with Crippen LogP contribution in [0.15, 0.2) is 96.4 Å². The molecule has 0 aliphatic carbocycles. The number of nitro benzene ring substituents is 1. The van der Waals surface area contributed by atoms with E-state index in [0.717, 1.165) is 16.8 Å². The summed E-state index contributed by atoms with van der Waals surface area (Å²) < 4.78 is 0. The Morgan fingerprint density at radius 2 is 1.68 bits per heavy atom. The lowest BCUT2D eigenvalue weighted by Crippen LogP contribution is -2.51. The Kier molecular flexibility index (Phi) is 5.55. The fourth-order valence-electron chi connectivity index (χ4n) is 6.88. The predicted molar refractivity (Wildman–Crippen MR) is 156 cm³/mol. The number of benzene rings is 3. The first-order valence-corrected chi connectivity index (χ1v) is 14.1. The molecule has 4 aromatic rings. The molecule has 8 nitrogen and oxygen atoms in total. The van der Waals surface area contributed by atoms with E-state index in [-0.39, 0.29) is 28.7 Å². The molecular formula is C32H23N3O5S. The number of fused-ring (bicyclic) bond motifs is 6. The number of carbonyl (C=O) groups is 3. The van der Waals surface area contributed by atoms with Crippen molar-refractivity contribution in [2.75, 3.05) is 10.2 Å². The second-order valence-electron chi connectivity index (χ2n) is 10.5. The molecule has 3 aromatic carbocycles. The Hall–Kier alpha value is -4.89. The molecule has 0 unspecified atom stereocenters. The Morgan fingerprint density at radius 1 is 0.951 bits per heavy atom. The number of allylic oxidation sites excluding steroid dienone is 1. The zero-order valence-corrected chi connectivity index (χ0v) is 22.6. The van der Waals surface area contributed by atoms with Crippen LogP contribution in [-0.2, 0) is 10.2 Å². The van der Waals surface area contributed by atoms with E-state index in [4.69, 9.17) is 0 Å². The van der Waals surface area contributed by atoms with E-state index in [1.54, 1.807) is 17.5 Å². The topological polar surface area (TPSA) is 110 Å². The molecule has 1 N–H and O–H groups in total. The Bertz CT molecular complexity index is 1800. The highest BCUT2D eigenvalue weighted by atomic mass is 32.1. The SMILES string of the molecule is CC1=C[C@@H]2N(c3ccccc31)[C@H](C(=O)c1ccc([N+](=O)[O-])cc1)[C@@H](C(=O)c1cccs1)[C@@]21C(=O)Nc2ccccc21. The van der Waals surface area contributed by atoms with Crippen molar-refractivity contribution < 1.29 is 19.3 Å². The summed E-state index contributed by atoms with van der Waals surface area (Å²) in [6.45, 7) is 1.98. The number of hydrogen-bond acceptors (Lipinski definition) is 7. The maximum atomic E-state index is 14.6. The van der Waals surface area contributed by atoms with Gasteiger partial charge in [-0.05, 0) is 53.8 Å². The van der Waals surface area contributed by atoms with Crippen molar-refractivity contribution >= 4 is 51.4 Å². The van der Waals surface area contributed by atoms with E-state index in [0.29, 0.717) is 16.1 Å². The van der Waals surface area contributed by atoms with E-state index in [2.05, 4.69) is 5.32 Å². The molecule has 0 saturated carbocycles.